The average Bonchev–Trinajstić information content (AvgIpc) is 2.14. The highest BCUT2D eigenvalue weighted by atomic mass is 14.9. The molecule has 2 nitrogen and oxygen atoms in total. The maximum absolute atomic E-state index is 5.73. The van der Waals surface area contributed by atoms with Gasteiger partial charge in [-0.1, -0.05) is 6.42 Å². The van der Waals surface area contributed by atoms with Gasteiger partial charge in [0.25, 0.3) is 0 Å². The molecule has 0 heterocycles. The summed E-state index contributed by atoms with van der Waals surface area (Å²) < 4.78 is 0. The zero-order chi connectivity index (χ0) is 10.6. The molecule has 1 saturated carbocycles. The molecule has 0 amide bonds. The molecule has 0 aromatic carbocycles. The van der Waals surface area contributed by atoms with E-state index in [0.29, 0.717) is 0 Å². The maximum atomic E-state index is 5.73. The van der Waals surface area contributed by atoms with Crippen LogP contribution in [0.15, 0.2) is 0 Å². The van der Waals surface area contributed by atoms with E-state index in [-0.39, 0.29) is 5.54 Å². The minimum absolute atomic E-state index is 0.260. The molecule has 2 heteroatoms. The van der Waals surface area contributed by atoms with Gasteiger partial charge >= 0.3 is 0 Å². The van der Waals surface area contributed by atoms with Gasteiger partial charge in [0, 0.05) is 5.54 Å². The second-order valence-electron chi connectivity index (χ2n) is 5.77. The summed E-state index contributed by atoms with van der Waals surface area (Å²) in [5, 5.41) is 3.60. The molecule has 1 fully saturated rings. The first-order valence-electron chi connectivity index (χ1n) is 5.96. The summed E-state index contributed by atoms with van der Waals surface area (Å²) in [5.74, 6) is 1.65. The molecule has 84 valence electrons. The van der Waals surface area contributed by atoms with Gasteiger partial charge in [-0.05, 0) is 65.0 Å². The zero-order valence-corrected chi connectivity index (χ0v) is 9.97. The molecule has 2 atom stereocenters. The molecule has 0 aliphatic heterocycles. The van der Waals surface area contributed by atoms with E-state index in [1.807, 2.05) is 0 Å². The topological polar surface area (TPSA) is 38.0 Å². The average molecular weight is 198 g/mol. The van der Waals surface area contributed by atoms with Crippen LogP contribution in [0.4, 0.5) is 0 Å². The first-order valence-corrected chi connectivity index (χ1v) is 5.96. The third-order valence-corrected chi connectivity index (χ3v) is 3.15. The molecule has 0 saturated heterocycles. The van der Waals surface area contributed by atoms with Gasteiger partial charge < -0.3 is 11.1 Å². The minimum atomic E-state index is 0.260. The van der Waals surface area contributed by atoms with E-state index in [1.165, 1.54) is 32.2 Å². The lowest BCUT2D eigenvalue weighted by atomic mass is 9.81. The Morgan fingerprint density at radius 2 is 1.86 bits per heavy atom. The van der Waals surface area contributed by atoms with E-state index in [0.717, 1.165) is 18.4 Å². The van der Waals surface area contributed by atoms with Crippen LogP contribution in [0, 0.1) is 11.8 Å². The van der Waals surface area contributed by atoms with Crippen LogP contribution >= 0.6 is 0 Å². The molecular weight excluding hydrogens is 172 g/mol. The fraction of sp³-hybridized carbons (Fsp3) is 1.00. The molecule has 3 N–H and O–H groups in total. The van der Waals surface area contributed by atoms with Crippen LogP contribution in [0.1, 0.15) is 46.5 Å². The summed E-state index contributed by atoms with van der Waals surface area (Å²) in [6.07, 6.45) is 5.44. The van der Waals surface area contributed by atoms with Crippen LogP contribution in [0.3, 0.4) is 0 Å². The van der Waals surface area contributed by atoms with E-state index < -0.39 is 0 Å². The predicted molar refractivity (Wildman–Crippen MR) is 62.3 cm³/mol. The van der Waals surface area contributed by atoms with Gasteiger partial charge in [0.15, 0.2) is 0 Å². The first kappa shape index (κ1) is 12.0. The predicted octanol–water partition coefficient (Wildman–Crippen LogP) is 2.14. The molecule has 1 aliphatic rings. The second-order valence-corrected chi connectivity index (χ2v) is 5.77. The lowest BCUT2D eigenvalue weighted by Gasteiger charge is -2.31. The Labute approximate surface area is 88.6 Å². The van der Waals surface area contributed by atoms with Crippen LogP contribution in [0.25, 0.3) is 0 Å². The summed E-state index contributed by atoms with van der Waals surface area (Å²) in [6, 6.07) is 0. The zero-order valence-electron chi connectivity index (χ0n) is 9.97. The van der Waals surface area contributed by atoms with Gasteiger partial charge in [-0.3, -0.25) is 0 Å². The van der Waals surface area contributed by atoms with E-state index >= 15 is 0 Å². The lowest BCUT2D eigenvalue weighted by molar-refractivity contribution is 0.247. The summed E-state index contributed by atoms with van der Waals surface area (Å²) in [6.45, 7) is 8.74. The lowest BCUT2D eigenvalue weighted by Crippen LogP contribution is -2.40. The summed E-state index contributed by atoms with van der Waals surface area (Å²) in [4.78, 5) is 0. The minimum Gasteiger partial charge on any atom is -0.330 e. The van der Waals surface area contributed by atoms with Gasteiger partial charge in [0.1, 0.15) is 0 Å². The van der Waals surface area contributed by atoms with Crippen LogP contribution in [-0.2, 0) is 0 Å². The molecule has 0 bridgehead atoms. The Balaban J connectivity index is 2.24. The van der Waals surface area contributed by atoms with Gasteiger partial charge in [-0.25, -0.2) is 0 Å². The number of hydrogen-bond acceptors (Lipinski definition) is 2. The standard InChI is InChI=1S/C12H26N2/c1-12(2,3)14-9-11-6-4-5-10(7-11)8-13/h10-11,14H,4-9,13H2,1-3H3. The fourth-order valence-corrected chi connectivity index (χ4v) is 2.25. The van der Waals surface area contributed by atoms with E-state index in [9.17, 15) is 0 Å². The highest BCUT2D eigenvalue weighted by Gasteiger charge is 2.22. The van der Waals surface area contributed by atoms with E-state index in [1.54, 1.807) is 0 Å². The van der Waals surface area contributed by atoms with E-state index in [2.05, 4.69) is 26.1 Å². The monoisotopic (exact) mass is 198 g/mol. The normalized spacial score (nSPS) is 29.1. The molecule has 0 spiro atoms. The Bertz CT molecular complexity index is 160. The third kappa shape index (κ3) is 4.43. The second kappa shape index (κ2) is 5.13. The van der Waals surface area contributed by atoms with Gasteiger partial charge in [0.2, 0.25) is 0 Å². The summed E-state index contributed by atoms with van der Waals surface area (Å²) in [5.41, 5.74) is 5.99. The number of nitrogens with one attached hydrogen (secondary N) is 1. The van der Waals surface area contributed by atoms with Crippen molar-refractivity contribution in [3.63, 3.8) is 0 Å². The van der Waals surface area contributed by atoms with Crippen molar-refractivity contribution < 1.29 is 0 Å². The highest BCUT2D eigenvalue weighted by Crippen LogP contribution is 2.28. The van der Waals surface area contributed by atoms with E-state index in [4.69, 9.17) is 5.73 Å². The van der Waals surface area contributed by atoms with Crippen LogP contribution in [0.5, 0.6) is 0 Å². The summed E-state index contributed by atoms with van der Waals surface area (Å²) >= 11 is 0. The Morgan fingerprint density at radius 1 is 1.21 bits per heavy atom. The molecule has 2 unspecified atom stereocenters. The van der Waals surface area contributed by atoms with Crippen molar-refractivity contribution in [1.29, 1.82) is 0 Å². The van der Waals surface area contributed by atoms with Gasteiger partial charge in [-0.15, -0.1) is 0 Å². The number of rotatable bonds is 3. The number of nitrogens with two attached hydrogens (primary N) is 1. The molecular formula is C12H26N2. The van der Waals surface area contributed by atoms with Crippen molar-refractivity contribution in [3.8, 4) is 0 Å². The van der Waals surface area contributed by atoms with Crippen LogP contribution in [0.2, 0.25) is 0 Å². The SMILES string of the molecule is CC(C)(C)NCC1CCCC(CN)C1. The van der Waals surface area contributed by atoms with Crippen molar-refractivity contribution in [1.82, 2.24) is 5.32 Å². The first-order chi connectivity index (χ1) is 6.51. The molecule has 1 rings (SSSR count). The molecule has 0 radical (unpaired) electrons. The molecule has 0 aromatic rings. The Morgan fingerprint density at radius 3 is 2.43 bits per heavy atom. The van der Waals surface area contributed by atoms with Gasteiger partial charge in [0.05, 0.1) is 0 Å². The number of hydrogen-bond donors (Lipinski definition) is 2. The van der Waals surface area contributed by atoms with Crippen LogP contribution < -0.4 is 11.1 Å². The maximum Gasteiger partial charge on any atom is 0.00966 e. The Hall–Kier alpha value is -0.0800. The van der Waals surface area contributed by atoms with Crippen LogP contribution in [-0.4, -0.2) is 18.6 Å². The third-order valence-electron chi connectivity index (χ3n) is 3.15. The largest absolute Gasteiger partial charge is 0.330 e. The van der Waals surface area contributed by atoms with Gasteiger partial charge in [-0.2, -0.15) is 0 Å². The smallest absolute Gasteiger partial charge is 0.00966 e. The van der Waals surface area contributed by atoms with Crippen molar-refractivity contribution in [2.75, 3.05) is 13.1 Å². The highest BCUT2D eigenvalue weighted by molar-refractivity contribution is 4.78. The Kier molecular flexibility index (Phi) is 4.39. The van der Waals surface area contributed by atoms with Crippen molar-refractivity contribution >= 4 is 0 Å². The van der Waals surface area contributed by atoms with Crippen molar-refractivity contribution in [2.45, 2.75) is 52.0 Å². The van der Waals surface area contributed by atoms with Crippen molar-refractivity contribution in [3.05, 3.63) is 0 Å². The van der Waals surface area contributed by atoms with Crippen molar-refractivity contribution in [2.24, 2.45) is 17.6 Å². The summed E-state index contributed by atoms with van der Waals surface area (Å²) in [7, 11) is 0. The fourth-order valence-electron chi connectivity index (χ4n) is 2.25. The quantitative estimate of drug-likeness (QED) is 0.729. The molecule has 0 aromatic heterocycles. The molecule has 1 aliphatic carbocycles. The molecule has 14 heavy (non-hydrogen) atoms.